The van der Waals surface area contributed by atoms with Gasteiger partial charge in [-0.3, -0.25) is 0 Å². The van der Waals surface area contributed by atoms with Crippen LogP contribution in [-0.4, -0.2) is 11.9 Å². The molecule has 0 aliphatic rings. The van der Waals surface area contributed by atoms with E-state index < -0.39 is 0 Å². The lowest BCUT2D eigenvalue weighted by Crippen LogP contribution is -2.15. The molecule has 0 spiro atoms. The summed E-state index contributed by atoms with van der Waals surface area (Å²) in [6, 6.07) is 6.64. The molecule has 0 fully saturated rings. The predicted octanol–water partition coefficient (Wildman–Crippen LogP) is 3.80. The third kappa shape index (κ3) is 5.00. The first-order valence-corrected chi connectivity index (χ1v) is 6.44. The minimum Gasteiger partial charge on any atom is -0.313 e. The molecule has 0 amide bonds. The molecule has 0 radical (unpaired) electrons. The number of alkyl halides is 1. The van der Waals surface area contributed by atoms with E-state index in [1.54, 1.807) is 0 Å². The van der Waals surface area contributed by atoms with Gasteiger partial charge in [0.1, 0.15) is 0 Å². The van der Waals surface area contributed by atoms with E-state index in [4.69, 9.17) is 11.6 Å². The van der Waals surface area contributed by atoms with Gasteiger partial charge in [-0.15, -0.1) is 11.6 Å². The van der Waals surface area contributed by atoms with E-state index in [0.29, 0.717) is 5.38 Å². The summed E-state index contributed by atoms with van der Waals surface area (Å²) in [5, 5.41) is 3.74. The van der Waals surface area contributed by atoms with Crippen LogP contribution in [0.5, 0.6) is 0 Å². The molecule has 1 unspecified atom stereocenters. The molecule has 1 atom stereocenters. The SMILES string of the molecule is Cc1ccc(CNCCCC(C)Cl)cc1C. The fourth-order valence-electron chi connectivity index (χ4n) is 1.65. The maximum absolute atomic E-state index is 5.88. The summed E-state index contributed by atoms with van der Waals surface area (Å²) in [5.41, 5.74) is 4.09. The average molecular weight is 240 g/mol. The van der Waals surface area contributed by atoms with Gasteiger partial charge in [-0.05, 0) is 56.8 Å². The molecular weight excluding hydrogens is 218 g/mol. The zero-order valence-electron chi connectivity index (χ0n) is 10.5. The number of hydrogen-bond acceptors (Lipinski definition) is 1. The third-order valence-corrected chi connectivity index (χ3v) is 3.07. The Balaban J connectivity index is 2.24. The summed E-state index contributed by atoms with van der Waals surface area (Å²) in [6.45, 7) is 8.36. The van der Waals surface area contributed by atoms with Crippen LogP contribution in [0, 0.1) is 13.8 Å². The Labute approximate surface area is 104 Å². The van der Waals surface area contributed by atoms with Crippen LogP contribution in [0.1, 0.15) is 36.5 Å². The molecule has 90 valence electrons. The maximum atomic E-state index is 5.88. The highest BCUT2D eigenvalue weighted by molar-refractivity contribution is 6.20. The summed E-state index contributed by atoms with van der Waals surface area (Å²) >= 11 is 5.88. The van der Waals surface area contributed by atoms with Crippen molar-refractivity contribution in [3.8, 4) is 0 Å². The molecule has 1 nitrogen and oxygen atoms in total. The van der Waals surface area contributed by atoms with Crippen LogP contribution in [0.3, 0.4) is 0 Å². The van der Waals surface area contributed by atoms with Gasteiger partial charge in [0.15, 0.2) is 0 Å². The summed E-state index contributed by atoms with van der Waals surface area (Å²) in [4.78, 5) is 0. The molecule has 0 aliphatic heterocycles. The van der Waals surface area contributed by atoms with E-state index in [-0.39, 0.29) is 0 Å². The number of benzene rings is 1. The molecule has 0 aromatic heterocycles. The largest absolute Gasteiger partial charge is 0.313 e. The second-order valence-corrected chi connectivity index (χ2v) is 5.26. The second kappa shape index (κ2) is 6.93. The summed E-state index contributed by atoms with van der Waals surface area (Å²) in [5.74, 6) is 0. The number of aryl methyl sites for hydroxylation is 2. The van der Waals surface area contributed by atoms with Crippen molar-refractivity contribution in [2.24, 2.45) is 0 Å². The summed E-state index contributed by atoms with van der Waals surface area (Å²) < 4.78 is 0. The van der Waals surface area contributed by atoms with Crippen LogP contribution in [0.25, 0.3) is 0 Å². The first-order chi connectivity index (χ1) is 7.59. The van der Waals surface area contributed by atoms with Crippen LogP contribution in [0.2, 0.25) is 0 Å². The van der Waals surface area contributed by atoms with Gasteiger partial charge in [-0.1, -0.05) is 18.2 Å². The Morgan fingerprint density at radius 3 is 2.62 bits per heavy atom. The molecule has 16 heavy (non-hydrogen) atoms. The van der Waals surface area contributed by atoms with Crippen molar-refractivity contribution in [1.82, 2.24) is 5.32 Å². The molecule has 1 aromatic carbocycles. The fourth-order valence-corrected chi connectivity index (χ4v) is 1.81. The molecule has 0 aliphatic carbocycles. The topological polar surface area (TPSA) is 12.0 Å². The summed E-state index contributed by atoms with van der Waals surface area (Å²) in [6.07, 6.45) is 2.23. The van der Waals surface area contributed by atoms with E-state index in [2.05, 4.69) is 37.4 Å². The number of rotatable bonds is 6. The Bertz CT molecular complexity index is 321. The van der Waals surface area contributed by atoms with Crippen molar-refractivity contribution in [1.29, 1.82) is 0 Å². The Morgan fingerprint density at radius 2 is 2.00 bits per heavy atom. The van der Waals surface area contributed by atoms with E-state index in [0.717, 1.165) is 25.9 Å². The normalized spacial score (nSPS) is 12.8. The van der Waals surface area contributed by atoms with Gasteiger partial charge in [-0.2, -0.15) is 0 Å². The molecule has 1 aromatic rings. The average Bonchev–Trinajstić information content (AvgIpc) is 2.22. The van der Waals surface area contributed by atoms with Crippen molar-refractivity contribution >= 4 is 11.6 Å². The molecule has 1 rings (SSSR count). The fraction of sp³-hybridized carbons (Fsp3) is 0.571. The van der Waals surface area contributed by atoms with Crippen molar-refractivity contribution in [2.45, 2.75) is 45.5 Å². The number of nitrogens with one attached hydrogen (secondary N) is 1. The first kappa shape index (κ1) is 13.5. The van der Waals surface area contributed by atoms with E-state index in [1.807, 2.05) is 6.92 Å². The lowest BCUT2D eigenvalue weighted by Gasteiger charge is -2.07. The van der Waals surface area contributed by atoms with E-state index in [9.17, 15) is 0 Å². The Hall–Kier alpha value is -0.530. The van der Waals surface area contributed by atoms with E-state index >= 15 is 0 Å². The predicted molar refractivity (Wildman–Crippen MR) is 72.2 cm³/mol. The minimum atomic E-state index is 0.295. The summed E-state index contributed by atoms with van der Waals surface area (Å²) in [7, 11) is 0. The molecular formula is C14H22ClN. The number of halogens is 1. The molecule has 0 saturated carbocycles. The van der Waals surface area contributed by atoms with Crippen molar-refractivity contribution in [3.63, 3.8) is 0 Å². The lowest BCUT2D eigenvalue weighted by molar-refractivity contribution is 0.619. The zero-order chi connectivity index (χ0) is 12.0. The molecule has 2 heteroatoms. The van der Waals surface area contributed by atoms with Gasteiger partial charge in [0.05, 0.1) is 0 Å². The van der Waals surface area contributed by atoms with Gasteiger partial charge < -0.3 is 5.32 Å². The zero-order valence-corrected chi connectivity index (χ0v) is 11.3. The third-order valence-electron chi connectivity index (χ3n) is 2.86. The van der Waals surface area contributed by atoms with Crippen LogP contribution in [0.4, 0.5) is 0 Å². The van der Waals surface area contributed by atoms with Crippen LogP contribution in [0.15, 0.2) is 18.2 Å². The molecule has 1 N–H and O–H groups in total. The van der Waals surface area contributed by atoms with Crippen molar-refractivity contribution in [2.75, 3.05) is 6.54 Å². The molecule has 0 heterocycles. The van der Waals surface area contributed by atoms with E-state index in [1.165, 1.54) is 16.7 Å². The molecule has 0 saturated heterocycles. The van der Waals surface area contributed by atoms with Gasteiger partial charge in [0.25, 0.3) is 0 Å². The Kier molecular flexibility index (Phi) is 5.86. The quantitative estimate of drug-likeness (QED) is 0.588. The van der Waals surface area contributed by atoms with Crippen LogP contribution in [-0.2, 0) is 6.54 Å². The van der Waals surface area contributed by atoms with Gasteiger partial charge in [0, 0.05) is 11.9 Å². The number of hydrogen-bond donors (Lipinski definition) is 1. The van der Waals surface area contributed by atoms with Crippen LogP contribution >= 0.6 is 11.6 Å². The lowest BCUT2D eigenvalue weighted by atomic mass is 10.1. The monoisotopic (exact) mass is 239 g/mol. The highest BCUT2D eigenvalue weighted by atomic mass is 35.5. The maximum Gasteiger partial charge on any atom is 0.0308 e. The van der Waals surface area contributed by atoms with Crippen molar-refractivity contribution in [3.05, 3.63) is 34.9 Å². The minimum absolute atomic E-state index is 0.295. The van der Waals surface area contributed by atoms with Gasteiger partial charge >= 0.3 is 0 Å². The smallest absolute Gasteiger partial charge is 0.0308 e. The van der Waals surface area contributed by atoms with Crippen molar-refractivity contribution < 1.29 is 0 Å². The first-order valence-electron chi connectivity index (χ1n) is 6.00. The highest BCUT2D eigenvalue weighted by Crippen LogP contribution is 2.09. The second-order valence-electron chi connectivity index (χ2n) is 4.52. The highest BCUT2D eigenvalue weighted by Gasteiger charge is 1.97. The molecule has 0 bridgehead atoms. The van der Waals surface area contributed by atoms with Gasteiger partial charge in [0.2, 0.25) is 0 Å². The van der Waals surface area contributed by atoms with Gasteiger partial charge in [-0.25, -0.2) is 0 Å². The Morgan fingerprint density at radius 1 is 1.25 bits per heavy atom. The standard InChI is InChI=1S/C14H22ClN/c1-11-6-7-14(9-12(11)2)10-16-8-4-5-13(3)15/h6-7,9,13,16H,4-5,8,10H2,1-3H3. The van der Waals surface area contributed by atoms with Crippen LogP contribution < -0.4 is 5.32 Å².